The second-order valence-electron chi connectivity index (χ2n) is 6.48. The molecule has 0 bridgehead atoms. The number of carbonyl (C=O) groups excluding carboxylic acids is 2. The van der Waals surface area contributed by atoms with Gasteiger partial charge in [-0.25, -0.2) is 0 Å². The molecular formula is C20H26ClN3O2S. The van der Waals surface area contributed by atoms with E-state index < -0.39 is 0 Å². The van der Waals surface area contributed by atoms with E-state index in [1.807, 2.05) is 25.3 Å². The van der Waals surface area contributed by atoms with Crippen molar-refractivity contribution in [1.82, 2.24) is 9.99 Å². The zero-order valence-corrected chi connectivity index (χ0v) is 17.9. The van der Waals surface area contributed by atoms with Gasteiger partial charge in [0.15, 0.2) is 0 Å². The maximum atomic E-state index is 12.8. The maximum absolute atomic E-state index is 12.8. The van der Waals surface area contributed by atoms with Crippen molar-refractivity contribution < 1.29 is 9.59 Å². The molecule has 2 aromatic rings. The van der Waals surface area contributed by atoms with Crippen molar-refractivity contribution in [3.05, 3.63) is 51.8 Å². The Morgan fingerprint density at radius 3 is 2.52 bits per heavy atom. The molecular weight excluding hydrogens is 382 g/mol. The first-order valence-electron chi connectivity index (χ1n) is 8.93. The molecule has 0 aliphatic rings. The van der Waals surface area contributed by atoms with E-state index in [0.717, 1.165) is 29.0 Å². The van der Waals surface area contributed by atoms with Crippen LogP contribution in [0.2, 0.25) is 5.02 Å². The molecule has 146 valence electrons. The van der Waals surface area contributed by atoms with E-state index in [0.29, 0.717) is 16.3 Å². The van der Waals surface area contributed by atoms with Crippen LogP contribution in [0.3, 0.4) is 0 Å². The van der Waals surface area contributed by atoms with Gasteiger partial charge in [0, 0.05) is 17.6 Å². The molecule has 1 aromatic carbocycles. The lowest BCUT2D eigenvalue weighted by molar-refractivity contribution is 0.0951. The molecule has 2 amide bonds. The van der Waals surface area contributed by atoms with Crippen molar-refractivity contribution in [2.45, 2.75) is 44.4 Å². The number of hydrogen-bond acceptors (Lipinski definition) is 3. The Kier molecular flexibility index (Phi) is 7.39. The van der Waals surface area contributed by atoms with Gasteiger partial charge in [-0.2, -0.15) is 0 Å². The smallest absolute Gasteiger partial charge is 0.271 e. The van der Waals surface area contributed by atoms with Gasteiger partial charge in [-0.1, -0.05) is 31.9 Å². The molecule has 0 aliphatic heterocycles. The molecule has 0 spiro atoms. The number of nitrogens with zero attached hydrogens (tertiary/aromatic N) is 1. The molecule has 5 nitrogen and oxygen atoms in total. The van der Waals surface area contributed by atoms with Gasteiger partial charge in [0.25, 0.3) is 11.8 Å². The fraction of sp³-hybridized carbons (Fsp3) is 0.400. The fourth-order valence-corrected chi connectivity index (χ4v) is 3.86. The average Bonchev–Trinajstić information content (AvgIpc) is 2.97. The summed E-state index contributed by atoms with van der Waals surface area (Å²) in [6.45, 7) is 6.07. The second-order valence-corrected chi connectivity index (χ2v) is 7.77. The van der Waals surface area contributed by atoms with Crippen LogP contribution in [-0.4, -0.2) is 29.8 Å². The van der Waals surface area contributed by atoms with E-state index in [1.165, 1.54) is 0 Å². The van der Waals surface area contributed by atoms with Crippen molar-refractivity contribution in [2.75, 3.05) is 18.7 Å². The van der Waals surface area contributed by atoms with E-state index in [-0.39, 0.29) is 17.7 Å². The van der Waals surface area contributed by atoms with Crippen LogP contribution < -0.4 is 10.7 Å². The Hall–Kier alpha value is -1.92. The highest BCUT2D eigenvalue weighted by atomic mass is 35.5. The molecule has 1 aromatic heterocycles. The number of hydrogen-bond donors (Lipinski definition) is 2. The Labute approximate surface area is 169 Å². The lowest BCUT2D eigenvalue weighted by Crippen LogP contribution is -2.31. The maximum Gasteiger partial charge on any atom is 0.271 e. The van der Waals surface area contributed by atoms with Gasteiger partial charge < -0.3 is 5.32 Å². The van der Waals surface area contributed by atoms with Crippen LogP contribution >= 0.6 is 23.4 Å². The van der Waals surface area contributed by atoms with Crippen LogP contribution in [0.4, 0.5) is 0 Å². The summed E-state index contributed by atoms with van der Waals surface area (Å²) >= 11 is 7.83. The predicted molar refractivity (Wildman–Crippen MR) is 113 cm³/mol. The van der Waals surface area contributed by atoms with Gasteiger partial charge in [-0.3, -0.25) is 19.7 Å². The lowest BCUT2D eigenvalue weighted by Gasteiger charge is -2.16. The molecule has 0 fully saturated rings. The van der Waals surface area contributed by atoms with Gasteiger partial charge >= 0.3 is 0 Å². The van der Waals surface area contributed by atoms with Crippen molar-refractivity contribution in [2.24, 2.45) is 0 Å². The number of carbonyl (C=O) groups is 2. The fourth-order valence-electron chi connectivity index (χ4n) is 3.09. The van der Waals surface area contributed by atoms with Gasteiger partial charge in [0.2, 0.25) is 0 Å². The van der Waals surface area contributed by atoms with Crippen LogP contribution in [-0.2, 0) is 0 Å². The Balaban J connectivity index is 2.43. The Bertz CT molecular complexity index is 848. The van der Waals surface area contributed by atoms with E-state index in [4.69, 9.17) is 11.6 Å². The molecule has 7 heteroatoms. The highest BCUT2D eigenvalue weighted by Gasteiger charge is 2.24. The van der Waals surface area contributed by atoms with Crippen LogP contribution in [0.1, 0.15) is 64.7 Å². The lowest BCUT2D eigenvalue weighted by atomic mass is 9.96. The molecule has 2 rings (SSSR count). The molecule has 0 saturated carbocycles. The minimum Gasteiger partial charge on any atom is -0.354 e. The quantitative estimate of drug-likeness (QED) is 0.647. The first-order valence-corrected chi connectivity index (χ1v) is 10.5. The van der Waals surface area contributed by atoms with Crippen LogP contribution in [0.25, 0.3) is 0 Å². The number of nitrogens with one attached hydrogen (secondary N) is 2. The average molecular weight is 408 g/mol. The predicted octanol–water partition coefficient (Wildman–Crippen LogP) is 4.82. The first kappa shape index (κ1) is 21.4. The third-order valence-corrected chi connectivity index (χ3v) is 5.58. The summed E-state index contributed by atoms with van der Waals surface area (Å²) in [6, 6.07) is 7.27. The SMILES string of the molecule is CCC[C@@H](C)c1cc(C)n(NC(=O)c2ccc(SC)cc2Cl)c1C(=O)NC. The number of benzene rings is 1. The number of amides is 2. The number of halogens is 1. The molecule has 0 unspecified atom stereocenters. The number of aromatic nitrogens is 1. The van der Waals surface area contributed by atoms with Gasteiger partial charge in [-0.15, -0.1) is 11.8 Å². The van der Waals surface area contributed by atoms with Crippen molar-refractivity contribution in [3.8, 4) is 0 Å². The topological polar surface area (TPSA) is 63.1 Å². The first-order chi connectivity index (χ1) is 12.8. The van der Waals surface area contributed by atoms with Crippen molar-refractivity contribution in [1.29, 1.82) is 0 Å². The molecule has 0 aliphatic carbocycles. The third kappa shape index (κ3) is 4.68. The third-order valence-electron chi connectivity index (χ3n) is 4.54. The minimum atomic E-state index is -0.355. The summed E-state index contributed by atoms with van der Waals surface area (Å²) in [7, 11) is 1.59. The summed E-state index contributed by atoms with van der Waals surface area (Å²) in [6.07, 6.45) is 3.93. The largest absolute Gasteiger partial charge is 0.354 e. The normalized spacial score (nSPS) is 11.9. The van der Waals surface area contributed by atoms with E-state index in [1.54, 1.807) is 35.6 Å². The van der Waals surface area contributed by atoms with Crippen LogP contribution in [0.15, 0.2) is 29.2 Å². The van der Waals surface area contributed by atoms with E-state index in [9.17, 15) is 9.59 Å². The molecule has 0 saturated heterocycles. The summed E-state index contributed by atoms with van der Waals surface area (Å²) < 4.78 is 1.56. The molecule has 1 heterocycles. The van der Waals surface area contributed by atoms with E-state index >= 15 is 0 Å². The van der Waals surface area contributed by atoms with Gasteiger partial charge in [0.05, 0.1) is 10.6 Å². The van der Waals surface area contributed by atoms with Crippen LogP contribution in [0.5, 0.6) is 0 Å². The zero-order chi connectivity index (χ0) is 20.1. The van der Waals surface area contributed by atoms with Gasteiger partial charge in [0.1, 0.15) is 5.69 Å². The number of rotatable bonds is 7. The summed E-state index contributed by atoms with van der Waals surface area (Å²) in [4.78, 5) is 26.3. The minimum absolute atomic E-state index is 0.212. The summed E-state index contributed by atoms with van der Waals surface area (Å²) in [5.41, 5.74) is 5.38. The molecule has 2 N–H and O–H groups in total. The molecule has 1 atom stereocenters. The highest BCUT2D eigenvalue weighted by molar-refractivity contribution is 7.98. The van der Waals surface area contributed by atoms with Gasteiger partial charge in [-0.05, 0) is 55.3 Å². The number of thioether (sulfide) groups is 1. The van der Waals surface area contributed by atoms with E-state index in [2.05, 4.69) is 24.6 Å². The Morgan fingerprint density at radius 2 is 1.96 bits per heavy atom. The monoisotopic (exact) mass is 407 g/mol. The zero-order valence-electron chi connectivity index (χ0n) is 16.4. The Morgan fingerprint density at radius 1 is 1.26 bits per heavy atom. The van der Waals surface area contributed by atoms with Crippen molar-refractivity contribution in [3.63, 3.8) is 0 Å². The molecule has 0 radical (unpaired) electrons. The molecule has 27 heavy (non-hydrogen) atoms. The standard InChI is InChI=1S/C20H26ClN3O2S/c1-6-7-12(2)16-10-13(3)24(18(16)20(26)22-4)23-19(25)15-9-8-14(27-5)11-17(15)21/h8-12H,6-7H2,1-5H3,(H,22,26)(H,23,25)/t12-/m1/s1. The van der Waals surface area contributed by atoms with Crippen LogP contribution in [0, 0.1) is 6.92 Å². The van der Waals surface area contributed by atoms with Crippen molar-refractivity contribution >= 4 is 35.2 Å². The number of aryl methyl sites for hydroxylation is 1. The summed E-state index contributed by atoms with van der Waals surface area (Å²) in [5.74, 6) is -0.375. The summed E-state index contributed by atoms with van der Waals surface area (Å²) in [5, 5.41) is 3.05. The second kappa shape index (κ2) is 9.33. The highest BCUT2D eigenvalue weighted by Crippen LogP contribution is 2.28.